The molecule has 6 nitrogen and oxygen atoms in total. The number of sulfonamides is 1. The van der Waals surface area contributed by atoms with Gasteiger partial charge in [-0.1, -0.05) is 30.3 Å². The summed E-state index contributed by atoms with van der Waals surface area (Å²) in [5.74, 6) is -0.475. The van der Waals surface area contributed by atoms with Crippen LogP contribution in [-0.4, -0.2) is 19.9 Å². The minimum Gasteiger partial charge on any atom is -0.366 e. The zero-order valence-electron chi connectivity index (χ0n) is 15.2. The number of amides is 1. The SMILES string of the molecule is CC(C)(C)NS(=O)(=O)c1ccccc1CNCc1cccc(C(N)=O)c1. The first-order valence-corrected chi connectivity index (χ1v) is 9.78. The molecule has 2 aromatic carbocycles. The standard InChI is InChI=1S/C19H25N3O3S/c1-19(2,3)22-26(24,25)17-10-5-4-8-16(17)13-21-12-14-7-6-9-15(11-14)18(20)23/h4-11,21-22H,12-13H2,1-3H3,(H2,20,23). The van der Waals surface area contributed by atoms with E-state index < -0.39 is 21.5 Å². The van der Waals surface area contributed by atoms with Crippen LogP contribution in [0.15, 0.2) is 53.4 Å². The molecule has 0 saturated carbocycles. The van der Waals surface area contributed by atoms with E-state index in [2.05, 4.69) is 10.0 Å². The highest BCUT2D eigenvalue weighted by molar-refractivity contribution is 7.89. The van der Waals surface area contributed by atoms with Gasteiger partial charge < -0.3 is 11.1 Å². The van der Waals surface area contributed by atoms with Gasteiger partial charge in [-0.3, -0.25) is 4.79 Å². The van der Waals surface area contributed by atoms with Crippen molar-refractivity contribution in [2.45, 2.75) is 44.3 Å². The van der Waals surface area contributed by atoms with Gasteiger partial charge in [0.2, 0.25) is 15.9 Å². The minimum absolute atomic E-state index is 0.258. The van der Waals surface area contributed by atoms with Crippen LogP contribution in [0, 0.1) is 0 Å². The van der Waals surface area contributed by atoms with Gasteiger partial charge in [0.1, 0.15) is 0 Å². The van der Waals surface area contributed by atoms with E-state index in [0.717, 1.165) is 5.56 Å². The Kier molecular flexibility index (Phi) is 6.17. The molecule has 0 fully saturated rings. The number of rotatable bonds is 7. The molecule has 0 saturated heterocycles. The first kappa shape index (κ1) is 20.1. The third-order valence-electron chi connectivity index (χ3n) is 3.56. The minimum atomic E-state index is -3.61. The summed E-state index contributed by atoms with van der Waals surface area (Å²) in [6.45, 7) is 6.27. The van der Waals surface area contributed by atoms with Gasteiger partial charge in [-0.15, -0.1) is 0 Å². The van der Waals surface area contributed by atoms with E-state index >= 15 is 0 Å². The molecular weight excluding hydrogens is 350 g/mol. The highest BCUT2D eigenvalue weighted by atomic mass is 32.2. The maximum Gasteiger partial charge on any atom is 0.248 e. The van der Waals surface area contributed by atoms with Crippen LogP contribution in [0.5, 0.6) is 0 Å². The Hall–Kier alpha value is -2.22. The van der Waals surface area contributed by atoms with Gasteiger partial charge in [-0.05, 0) is 50.1 Å². The fourth-order valence-electron chi connectivity index (χ4n) is 2.55. The first-order valence-electron chi connectivity index (χ1n) is 8.30. The second-order valence-electron chi connectivity index (χ2n) is 7.13. The molecule has 0 aliphatic carbocycles. The fourth-order valence-corrected chi connectivity index (χ4v) is 4.21. The smallest absolute Gasteiger partial charge is 0.248 e. The molecule has 0 unspecified atom stereocenters. The quantitative estimate of drug-likeness (QED) is 0.690. The summed E-state index contributed by atoms with van der Waals surface area (Å²) >= 11 is 0. The first-order chi connectivity index (χ1) is 12.1. The van der Waals surface area contributed by atoms with Crippen LogP contribution in [0.25, 0.3) is 0 Å². The number of nitrogens with one attached hydrogen (secondary N) is 2. The lowest BCUT2D eigenvalue weighted by atomic mass is 10.1. The second-order valence-corrected chi connectivity index (χ2v) is 8.78. The number of benzene rings is 2. The third kappa shape index (κ3) is 5.66. The van der Waals surface area contributed by atoms with Crippen molar-refractivity contribution in [3.8, 4) is 0 Å². The zero-order chi connectivity index (χ0) is 19.4. The Morgan fingerprint density at radius 1 is 1.04 bits per heavy atom. The number of carbonyl (C=O) groups is 1. The molecule has 7 heteroatoms. The topological polar surface area (TPSA) is 101 Å². The fraction of sp³-hybridized carbons (Fsp3) is 0.316. The van der Waals surface area contributed by atoms with Gasteiger partial charge in [0, 0.05) is 24.2 Å². The average molecular weight is 375 g/mol. The molecule has 0 atom stereocenters. The van der Waals surface area contributed by atoms with Crippen molar-refractivity contribution in [2.75, 3.05) is 0 Å². The van der Waals surface area contributed by atoms with E-state index in [1.54, 1.807) is 63.2 Å². The van der Waals surface area contributed by atoms with E-state index in [9.17, 15) is 13.2 Å². The summed E-state index contributed by atoms with van der Waals surface area (Å²) < 4.78 is 27.9. The van der Waals surface area contributed by atoms with Gasteiger partial charge >= 0.3 is 0 Å². The van der Waals surface area contributed by atoms with Crippen LogP contribution in [0.4, 0.5) is 0 Å². The lowest BCUT2D eigenvalue weighted by Gasteiger charge is -2.21. The highest BCUT2D eigenvalue weighted by Gasteiger charge is 2.23. The lowest BCUT2D eigenvalue weighted by Crippen LogP contribution is -2.40. The van der Waals surface area contributed by atoms with Crippen molar-refractivity contribution in [2.24, 2.45) is 5.73 Å². The largest absolute Gasteiger partial charge is 0.366 e. The molecule has 0 aliphatic heterocycles. The molecule has 1 amide bonds. The molecule has 0 heterocycles. The Bertz CT molecular complexity index is 887. The van der Waals surface area contributed by atoms with E-state index in [1.165, 1.54) is 0 Å². The zero-order valence-corrected chi connectivity index (χ0v) is 16.1. The molecule has 26 heavy (non-hydrogen) atoms. The van der Waals surface area contributed by atoms with Gasteiger partial charge in [0.25, 0.3) is 0 Å². The predicted octanol–water partition coefficient (Wildman–Crippen LogP) is 2.15. The molecule has 4 N–H and O–H groups in total. The van der Waals surface area contributed by atoms with Gasteiger partial charge in [0.05, 0.1) is 4.90 Å². The van der Waals surface area contributed by atoms with E-state index in [1.807, 2.05) is 6.07 Å². The predicted molar refractivity (Wildman–Crippen MR) is 102 cm³/mol. The third-order valence-corrected chi connectivity index (χ3v) is 5.42. The van der Waals surface area contributed by atoms with Crippen LogP contribution in [-0.2, 0) is 23.1 Å². The molecule has 2 aromatic rings. The van der Waals surface area contributed by atoms with Crippen molar-refractivity contribution in [3.63, 3.8) is 0 Å². The lowest BCUT2D eigenvalue weighted by molar-refractivity contribution is 0.1000. The summed E-state index contributed by atoms with van der Waals surface area (Å²) in [6, 6.07) is 13.9. The van der Waals surface area contributed by atoms with Gasteiger partial charge in [-0.25, -0.2) is 13.1 Å². The molecule has 0 bridgehead atoms. The molecule has 140 valence electrons. The normalized spacial score (nSPS) is 12.1. The Morgan fingerprint density at radius 2 is 1.73 bits per heavy atom. The number of primary amides is 1. The average Bonchev–Trinajstić information content (AvgIpc) is 2.53. The van der Waals surface area contributed by atoms with E-state index in [0.29, 0.717) is 24.2 Å². The second kappa shape index (κ2) is 7.99. The number of hydrogen-bond acceptors (Lipinski definition) is 4. The van der Waals surface area contributed by atoms with Crippen molar-refractivity contribution >= 4 is 15.9 Å². The maximum absolute atomic E-state index is 12.6. The Labute approximate surface area is 154 Å². The van der Waals surface area contributed by atoms with Crippen LogP contribution < -0.4 is 15.8 Å². The van der Waals surface area contributed by atoms with Crippen molar-refractivity contribution in [3.05, 3.63) is 65.2 Å². The summed E-state index contributed by atoms with van der Waals surface area (Å²) in [5, 5.41) is 3.22. The number of hydrogen-bond donors (Lipinski definition) is 3. The molecular formula is C19H25N3O3S. The summed E-state index contributed by atoms with van der Waals surface area (Å²) in [7, 11) is -3.61. The van der Waals surface area contributed by atoms with Gasteiger partial charge in [-0.2, -0.15) is 0 Å². The van der Waals surface area contributed by atoms with E-state index in [-0.39, 0.29) is 4.90 Å². The van der Waals surface area contributed by atoms with Crippen LogP contribution in [0.2, 0.25) is 0 Å². The highest BCUT2D eigenvalue weighted by Crippen LogP contribution is 2.18. The van der Waals surface area contributed by atoms with Gasteiger partial charge in [0.15, 0.2) is 0 Å². The molecule has 2 rings (SSSR count). The van der Waals surface area contributed by atoms with Crippen LogP contribution >= 0.6 is 0 Å². The molecule has 0 radical (unpaired) electrons. The van der Waals surface area contributed by atoms with Crippen molar-refractivity contribution in [1.82, 2.24) is 10.0 Å². The maximum atomic E-state index is 12.6. The van der Waals surface area contributed by atoms with Crippen molar-refractivity contribution in [1.29, 1.82) is 0 Å². The Morgan fingerprint density at radius 3 is 2.38 bits per heavy atom. The van der Waals surface area contributed by atoms with Crippen molar-refractivity contribution < 1.29 is 13.2 Å². The summed E-state index contributed by atoms with van der Waals surface area (Å²) in [5.41, 5.74) is 6.75. The molecule has 0 aliphatic rings. The summed E-state index contributed by atoms with van der Waals surface area (Å²) in [6.07, 6.45) is 0. The molecule has 0 aromatic heterocycles. The monoisotopic (exact) mass is 375 g/mol. The Balaban J connectivity index is 2.12. The summed E-state index contributed by atoms with van der Waals surface area (Å²) in [4.78, 5) is 11.5. The number of nitrogens with two attached hydrogens (primary N) is 1. The molecule has 0 spiro atoms. The van der Waals surface area contributed by atoms with E-state index in [4.69, 9.17) is 5.73 Å². The number of carbonyl (C=O) groups excluding carboxylic acids is 1. The van der Waals surface area contributed by atoms with Crippen LogP contribution in [0.1, 0.15) is 42.3 Å². The van der Waals surface area contributed by atoms with Crippen LogP contribution in [0.3, 0.4) is 0 Å².